The molecule has 0 fully saturated rings. The number of hydrogen-bond acceptors (Lipinski definition) is 2. The number of carbonyl (C=O) groups excluding carboxylic acids is 1. The van der Waals surface area contributed by atoms with Crippen molar-refractivity contribution in [1.82, 2.24) is 0 Å². The maximum Gasteiger partial charge on any atom is 0.239 e. The van der Waals surface area contributed by atoms with E-state index in [4.69, 9.17) is 16.3 Å². The molecule has 0 atom stereocenters. The Hall–Kier alpha value is -2.07. The van der Waals surface area contributed by atoms with E-state index in [2.05, 4.69) is 5.32 Å². The van der Waals surface area contributed by atoms with Crippen molar-refractivity contribution in [2.24, 2.45) is 0 Å². The highest BCUT2D eigenvalue weighted by Gasteiger charge is 2.02. The number of alkyl halides is 1. The van der Waals surface area contributed by atoms with Gasteiger partial charge in [-0.2, -0.15) is 0 Å². The van der Waals surface area contributed by atoms with Gasteiger partial charge in [0.05, 0.1) is 0 Å². The first-order valence-corrected chi connectivity index (χ1v) is 6.54. The van der Waals surface area contributed by atoms with Crippen LogP contribution in [0, 0.1) is 5.82 Å². The number of nitrogens with one attached hydrogen (secondary N) is 1. The number of anilines is 1. The molecule has 0 saturated carbocycles. The monoisotopic (exact) mass is 293 g/mol. The van der Waals surface area contributed by atoms with E-state index in [0.717, 1.165) is 5.56 Å². The summed E-state index contributed by atoms with van der Waals surface area (Å²) < 4.78 is 18.6. The zero-order valence-electron chi connectivity index (χ0n) is 10.6. The van der Waals surface area contributed by atoms with Gasteiger partial charge in [0.25, 0.3) is 0 Å². The van der Waals surface area contributed by atoms with Crippen LogP contribution in [0.2, 0.25) is 0 Å². The van der Waals surface area contributed by atoms with Crippen molar-refractivity contribution < 1.29 is 13.9 Å². The summed E-state index contributed by atoms with van der Waals surface area (Å²) in [5.74, 6) is -0.0983. The Labute approximate surface area is 121 Å². The SMILES string of the molecule is O=C(CCl)Nc1cccc(OCc2cccc(F)c2)c1. The Morgan fingerprint density at radius 2 is 2.00 bits per heavy atom. The van der Waals surface area contributed by atoms with Crippen LogP contribution in [0.5, 0.6) is 5.75 Å². The number of rotatable bonds is 5. The minimum Gasteiger partial charge on any atom is -0.489 e. The maximum atomic E-state index is 13.0. The fourth-order valence-electron chi connectivity index (χ4n) is 1.65. The van der Waals surface area contributed by atoms with E-state index in [1.54, 1.807) is 36.4 Å². The molecule has 2 aromatic rings. The van der Waals surface area contributed by atoms with Gasteiger partial charge >= 0.3 is 0 Å². The van der Waals surface area contributed by atoms with E-state index >= 15 is 0 Å². The highest BCUT2D eigenvalue weighted by molar-refractivity contribution is 6.29. The summed E-state index contributed by atoms with van der Waals surface area (Å²) in [6.45, 7) is 0.255. The van der Waals surface area contributed by atoms with E-state index in [1.807, 2.05) is 0 Å². The number of hydrogen-bond donors (Lipinski definition) is 1. The number of halogens is 2. The second-order valence-electron chi connectivity index (χ2n) is 4.13. The Balaban J connectivity index is 1.99. The lowest BCUT2D eigenvalue weighted by Gasteiger charge is -2.09. The Morgan fingerprint density at radius 3 is 2.75 bits per heavy atom. The van der Waals surface area contributed by atoms with Gasteiger partial charge in [-0.15, -0.1) is 11.6 Å². The van der Waals surface area contributed by atoms with Crippen LogP contribution in [0.3, 0.4) is 0 Å². The van der Waals surface area contributed by atoms with E-state index in [0.29, 0.717) is 11.4 Å². The maximum absolute atomic E-state index is 13.0. The molecule has 1 N–H and O–H groups in total. The van der Waals surface area contributed by atoms with Gasteiger partial charge in [-0.1, -0.05) is 18.2 Å². The molecule has 20 heavy (non-hydrogen) atoms. The van der Waals surface area contributed by atoms with Gasteiger partial charge in [0.2, 0.25) is 5.91 Å². The van der Waals surface area contributed by atoms with Crippen LogP contribution in [-0.2, 0) is 11.4 Å². The van der Waals surface area contributed by atoms with Gasteiger partial charge in [-0.25, -0.2) is 4.39 Å². The number of carbonyl (C=O) groups is 1. The highest BCUT2D eigenvalue weighted by atomic mass is 35.5. The largest absolute Gasteiger partial charge is 0.489 e. The molecule has 5 heteroatoms. The zero-order valence-corrected chi connectivity index (χ0v) is 11.4. The first-order valence-electron chi connectivity index (χ1n) is 6.00. The fourth-order valence-corrected chi connectivity index (χ4v) is 1.72. The van der Waals surface area contributed by atoms with Crippen LogP contribution in [-0.4, -0.2) is 11.8 Å². The average Bonchev–Trinajstić information content (AvgIpc) is 2.45. The normalized spacial score (nSPS) is 10.1. The van der Waals surface area contributed by atoms with Gasteiger partial charge in [0.15, 0.2) is 0 Å². The topological polar surface area (TPSA) is 38.3 Å². The average molecular weight is 294 g/mol. The molecule has 0 aromatic heterocycles. The minimum absolute atomic E-state index is 0.103. The van der Waals surface area contributed by atoms with Crippen LogP contribution in [0.4, 0.5) is 10.1 Å². The fraction of sp³-hybridized carbons (Fsp3) is 0.133. The van der Waals surface area contributed by atoms with Crippen LogP contribution in [0.15, 0.2) is 48.5 Å². The summed E-state index contributed by atoms with van der Waals surface area (Å²) in [4.78, 5) is 11.2. The minimum atomic E-state index is -0.297. The standard InChI is InChI=1S/C15H13ClFNO2/c16-9-15(19)18-13-5-2-6-14(8-13)20-10-11-3-1-4-12(17)7-11/h1-8H,9-10H2,(H,18,19). The van der Waals surface area contributed by atoms with E-state index in [-0.39, 0.29) is 24.2 Å². The smallest absolute Gasteiger partial charge is 0.239 e. The lowest BCUT2D eigenvalue weighted by atomic mass is 10.2. The third kappa shape index (κ3) is 4.24. The summed E-state index contributed by atoms with van der Waals surface area (Å²) in [5.41, 5.74) is 1.34. The van der Waals surface area contributed by atoms with Gasteiger partial charge in [-0.3, -0.25) is 4.79 Å². The van der Waals surface area contributed by atoms with Crippen molar-refractivity contribution >= 4 is 23.2 Å². The zero-order chi connectivity index (χ0) is 14.4. The third-order valence-electron chi connectivity index (χ3n) is 2.53. The molecule has 104 valence electrons. The van der Waals surface area contributed by atoms with Crippen molar-refractivity contribution in [3.05, 3.63) is 59.9 Å². The van der Waals surface area contributed by atoms with Crippen molar-refractivity contribution in [2.45, 2.75) is 6.61 Å². The van der Waals surface area contributed by atoms with Gasteiger partial charge in [-0.05, 0) is 29.8 Å². The second kappa shape index (κ2) is 6.91. The Morgan fingerprint density at radius 1 is 1.20 bits per heavy atom. The summed E-state index contributed by atoms with van der Waals surface area (Å²) in [5, 5.41) is 2.63. The van der Waals surface area contributed by atoms with E-state index in [1.165, 1.54) is 12.1 Å². The predicted octanol–water partition coefficient (Wildman–Crippen LogP) is 3.58. The molecular formula is C15H13ClFNO2. The van der Waals surface area contributed by atoms with Crippen molar-refractivity contribution in [3.8, 4) is 5.75 Å². The molecule has 2 rings (SSSR count). The van der Waals surface area contributed by atoms with Gasteiger partial charge in [0, 0.05) is 11.8 Å². The molecule has 0 aliphatic heterocycles. The molecule has 2 aromatic carbocycles. The molecule has 0 aliphatic carbocycles. The van der Waals surface area contributed by atoms with Crippen LogP contribution in [0.1, 0.15) is 5.56 Å². The van der Waals surface area contributed by atoms with Crippen molar-refractivity contribution in [3.63, 3.8) is 0 Å². The highest BCUT2D eigenvalue weighted by Crippen LogP contribution is 2.18. The summed E-state index contributed by atoms with van der Waals surface area (Å²) >= 11 is 5.42. The first-order chi connectivity index (χ1) is 9.67. The lowest BCUT2D eigenvalue weighted by molar-refractivity contribution is -0.113. The molecule has 0 spiro atoms. The predicted molar refractivity (Wildman–Crippen MR) is 76.5 cm³/mol. The molecule has 0 heterocycles. The molecule has 0 unspecified atom stereocenters. The second-order valence-corrected chi connectivity index (χ2v) is 4.40. The third-order valence-corrected chi connectivity index (χ3v) is 2.78. The number of ether oxygens (including phenoxy) is 1. The van der Waals surface area contributed by atoms with Crippen molar-refractivity contribution in [1.29, 1.82) is 0 Å². The van der Waals surface area contributed by atoms with Gasteiger partial charge in [0.1, 0.15) is 24.1 Å². The van der Waals surface area contributed by atoms with E-state index in [9.17, 15) is 9.18 Å². The quantitative estimate of drug-likeness (QED) is 0.856. The molecule has 0 bridgehead atoms. The lowest BCUT2D eigenvalue weighted by Crippen LogP contribution is -2.12. The summed E-state index contributed by atoms with van der Waals surface area (Å²) in [7, 11) is 0. The summed E-state index contributed by atoms with van der Waals surface area (Å²) in [6.07, 6.45) is 0. The van der Waals surface area contributed by atoms with Crippen molar-refractivity contribution in [2.75, 3.05) is 11.2 Å². The van der Waals surface area contributed by atoms with Crippen LogP contribution in [0.25, 0.3) is 0 Å². The molecule has 0 saturated heterocycles. The number of amides is 1. The number of benzene rings is 2. The first kappa shape index (κ1) is 14.3. The Bertz CT molecular complexity index is 604. The van der Waals surface area contributed by atoms with Crippen LogP contribution >= 0.6 is 11.6 Å². The van der Waals surface area contributed by atoms with Crippen LogP contribution < -0.4 is 10.1 Å². The molecule has 0 radical (unpaired) electrons. The van der Waals surface area contributed by atoms with Gasteiger partial charge < -0.3 is 10.1 Å². The molecular weight excluding hydrogens is 281 g/mol. The summed E-state index contributed by atoms with van der Waals surface area (Å²) in [6, 6.07) is 13.1. The van der Waals surface area contributed by atoms with E-state index < -0.39 is 0 Å². The Kier molecular flexibility index (Phi) is 4.96. The molecule has 0 aliphatic rings. The molecule has 1 amide bonds. The molecule has 3 nitrogen and oxygen atoms in total.